The van der Waals surface area contributed by atoms with Gasteiger partial charge in [-0.05, 0) is 59.2 Å². The van der Waals surface area contributed by atoms with Crippen LogP contribution in [-0.2, 0) is 24.5 Å². The van der Waals surface area contributed by atoms with Gasteiger partial charge in [0.25, 0.3) is 0 Å². The predicted molar refractivity (Wildman–Crippen MR) is 122 cm³/mol. The first-order valence-electron chi connectivity index (χ1n) is 10.9. The molecule has 1 spiro atoms. The van der Waals surface area contributed by atoms with Crippen molar-refractivity contribution >= 4 is 23.1 Å². The molecule has 1 amide bonds. The molecule has 0 aromatic heterocycles. The van der Waals surface area contributed by atoms with Gasteiger partial charge in [-0.2, -0.15) is 5.26 Å². The normalized spacial score (nSPS) is 22.6. The predicted octanol–water partition coefficient (Wildman–Crippen LogP) is 3.43. The van der Waals surface area contributed by atoms with E-state index in [2.05, 4.69) is 6.07 Å². The van der Waals surface area contributed by atoms with E-state index in [0.29, 0.717) is 23.6 Å². The number of allylic oxidation sites excluding steroid dienone is 2. The van der Waals surface area contributed by atoms with Gasteiger partial charge in [-0.1, -0.05) is 6.08 Å². The van der Waals surface area contributed by atoms with Crippen LogP contribution < -0.4 is 15.4 Å². The van der Waals surface area contributed by atoms with E-state index < -0.39 is 22.8 Å². The molecule has 2 N–H and O–H groups in total. The van der Waals surface area contributed by atoms with Gasteiger partial charge in [0.15, 0.2) is 5.41 Å². The van der Waals surface area contributed by atoms with Crippen LogP contribution in [0.5, 0.6) is 5.75 Å². The van der Waals surface area contributed by atoms with E-state index in [1.807, 2.05) is 39.8 Å². The highest BCUT2D eigenvalue weighted by Crippen LogP contribution is 2.59. The molecule has 8 heteroatoms. The van der Waals surface area contributed by atoms with Crippen molar-refractivity contribution in [1.82, 2.24) is 0 Å². The molecule has 3 aliphatic rings. The van der Waals surface area contributed by atoms with Crippen molar-refractivity contribution in [3.8, 4) is 11.8 Å². The van der Waals surface area contributed by atoms with E-state index in [9.17, 15) is 14.9 Å². The van der Waals surface area contributed by atoms with Crippen LogP contribution in [0.3, 0.4) is 0 Å². The van der Waals surface area contributed by atoms with Crippen molar-refractivity contribution in [2.75, 3.05) is 18.1 Å². The molecular weight excluding hydrogens is 422 g/mol. The molecule has 0 radical (unpaired) electrons. The van der Waals surface area contributed by atoms with Gasteiger partial charge < -0.3 is 24.8 Å². The molecule has 3 aliphatic heterocycles. The second-order valence-corrected chi connectivity index (χ2v) is 8.78. The first-order valence-corrected chi connectivity index (χ1v) is 10.9. The number of fused-ring (bicyclic) bond motifs is 1. The molecule has 0 aliphatic carbocycles. The Hall–Kier alpha value is -3.73. The quantitative estimate of drug-likeness (QED) is 0.700. The lowest BCUT2D eigenvalue weighted by Crippen LogP contribution is -2.54. The van der Waals surface area contributed by atoms with Crippen molar-refractivity contribution in [3.05, 3.63) is 52.1 Å². The Morgan fingerprint density at radius 2 is 1.94 bits per heavy atom. The third-order valence-corrected chi connectivity index (χ3v) is 6.32. The van der Waals surface area contributed by atoms with Crippen LogP contribution >= 0.6 is 0 Å². The van der Waals surface area contributed by atoms with Crippen molar-refractivity contribution in [2.45, 2.75) is 52.5 Å². The third kappa shape index (κ3) is 2.81. The first-order chi connectivity index (χ1) is 15.6. The van der Waals surface area contributed by atoms with E-state index in [-0.39, 0.29) is 29.4 Å². The molecule has 4 rings (SSSR count). The topological polar surface area (TPSA) is 115 Å². The monoisotopic (exact) mass is 449 g/mol. The minimum Gasteiger partial charge on any atom is -0.494 e. The number of rotatable bonds is 4. The Balaban J connectivity index is 2.20. The van der Waals surface area contributed by atoms with Gasteiger partial charge in [0.1, 0.15) is 28.7 Å². The zero-order valence-corrected chi connectivity index (χ0v) is 19.7. The fourth-order valence-corrected chi connectivity index (χ4v) is 5.25. The number of hydrogen-bond acceptors (Lipinski definition) is 7. The molecule has 1 aromatic carbocycles. The number of benzene rings is 1. The molecular formula is C25H27N3O5. The van der Waals surface area contributed by atoms with Crippen molar-refractivity contribution in [3.63, 3.8) is 0 Å². The summed E-state index contributed by atoms with van der Waals surface area (Å²) in [7, 11) is 0. The van der Waals surface area contributed by atoms with Gasteiger partial charge in [0, 0.05) is 11.1 Å². The van der Waals surface area contributed by atoms with Gasteiger partial charge in [0.05, 0.1) is 24.4 Å². The van der Waals surface area contributed by atoms with Crippen LogP contribution in [0, 0.1) is 11.3 Å². The number of ether oxygens (including phenoxy) is 3. The first kappa shape index (κ1) is 22.5. The Kier molecular flexibility index (Phi) is 5.04. The number of carbonyl (C=O) groups excluding carboxylic acids is 2. The Morgan fingerprint density at radius 3 is 2.55 bits per heavy atom. The largest absolute Gasteiger partial charge is 0.494 e. The van der Waals surface area contributed by atoms with Crippen LogP contribution in [-0.4, -0.2) is 30.6 Å². The number of carbonyl (C=O) groups is 2. The lowest BCUT2D eigenvalue weighted by Gasteiger charge is -2.40. The summed E-state index contributed by atoms with van der Waals surface area (Å²) in [5.74, 6) is -0.755. The number of nitrogens with two attached hydrogens (primary N) is 1. The number of hydrogen-bond donors (Lipinski definition) is 1. The molecule has 0 bridgehead atoms. The molecule has 0 unspecified atom stereocenters. The zero-order valence-electron chi connectivity index (χ0n) is 19.7. The van der Waals surface area contributed by atoms with Gasteiger partial charge in [-0.15, -0.1) is 0 Å². The van der Waals surface area contributed by atoms with E-state index in [0.717, 1.165) is 11.1 Å². The third-order valence-electron chi connectivity index (χ3n) is 6.32. The SMILES string of the molecule is CCOC(=O)C1=C(C)OC(N)=C(C#N)[C@@]12C(=O)N1c3c(cc(OCC)cc32)C(C)=CC1(C)C. The lowest BCUT2D eigenvalue weighted by atomic mass is 9.68. The second-order valence-electron chi connectivity index (χ2n) is 8.78. The lowest BCUT2D eigenvalue weighted by molar-refractivity contribution is -0.141. The Morgan fingerprint density at radius 1 is 1.24 bits per heavy atom. The van der Waals surface area contributed by atoms with E-state index in [4.69, 9.17) is 19.9 Å². The molecule has 172 valence electrons. The number of nitrogens with zero attached hydrogens (tertiary/aromatic N) is 2. The summed E-state index contributed by atoms with van der Waals surface area (Å²) in [4.78, 5) is 29.4. The van der Waals surface area contributed by atoms with Gasteiger partial charge in [0.2, 0.25) is 11.8 Å². The van der Waals surface area contributed by atoms with Gasteiger partial charge in [-0.25, -0.2) is 4.79 Å². The summed E-state index contributed by atoms with van der Waals surface area (Å²) in [5, 5.41) is 10.2. The minimum atomic E-state index is -1.81. The smallest absolute Gasteiger partial charge is 0.339 e. The Labute approximate surface area is 192 Å². The van der Waals surface area contributed by atoms with Gasteiger partial charge >= 0.3 is 5.97 Å². The fraction of sp³-hybridized carbons (Fsp3) is 0.400. The summed E-state index contributed by atoms with van der Waals surface area (Å²) >= 11 is 0. The van der Waals surface area contributed by atoms with Crippen molar-refractivity contribution in [1.29, 1.82) is 5.26 Å². The van der Waals surface area contributed by atoms with E-state index in [1.54, 1.807) is 24.8 Å². The molecule has 3 heterocycles. The highest BCUT2D eigenvalue weighted by Gasteiger charge is 2.65. The summed E-state index contributed by atoms with van der Waals surface area (Å²) in [6.45, 7) is 11.4. The summed E-state index contributed by atoms with van der Waals surface area (Å²) in [6.07, 6.45) is 1.99. The van der Waals surface area contributed by atoms with Crippen molar-refractivity contribution in [2.24, 2.45) is 5.73 Å². The van der Waals surface area contributed by atoms with Crippen molar-refractivity contribution < 1.29 is 23.8 Å². The summed E-state index contributed by atoms with van der Waals surface area (Å²) in [6, 6.07) is 5.66. The standard InChI is InChI=1S/C25H27N3O5/c1-7-31-15-9-16-13(3)11-24(5,6)28-20(16)17(10-15)25(23(28)30)18(12-26)21(27)33-14(4)19(25)22(29)32-8-2/h9-11H,7-8,27H2,1-6H3/t25-/m1/s1. The fourth-order valence-electron chi connectivity index (χ4n) is 5.25. The maximum Gasteiger partial charge on any atom is 0.339 e. The maximum absolute atomic E-state index is 14.4. The average molecular weight is 450 g/mol. The molecule has 1 atom stereocenters. The summed E-state index contributed by atoms with van der Waals surface area (Å²) in [5.41, 5.74) is 6.29. The van der Waals surface area contributed by atoms with Crippen LogP contribution in [0.4, 0.5) is 5.69 Å². The van der Waals surface area contributed by atoms with E-state index >= 15 is 0 Å². The minimum absolute atomic E-state index is 0.0428. The van der Waals surface area contributed by atoms with E-state index in [1.165, 1.54) is 0 Å². The molecule has 33 heavy (non-hydrogen) atoms. The second kappa shape index (κ2) is 7.41. The molecule has 8 nitrogen and oxygen atoms in total. The maximum atomic E-state index is 14.4. The van der Waals surface area contributed by atoms with Crippen LogP contribution in [0.2, 0.25) is 0 Å². The molecule has 0 fully saturated rings. The highest BCUT2D eigenvalue weighted by molar-refractivity contribution is 6.21. The van der Waals surface area contributed by atoms with Crippen LogP contribution in [0.15, 0.2) is 41.0 Å². The summed E-state index contributed by atoms with van der Waals surface area (Å²) < 4.78 is 16.7. The zero-order chi connectivity index (χ0) is 24.3. The number of anilines is 1. The number of nitriles is 1. The van der Waals surface area contributed by atoms with Gasteiger partial charge in [-0.3, -0.25) is 4.79 Å². The van der Waals surface area contributed by atoms with Crippen LogP contribution in [0.1, 0.15) is 52.7 Å². The number of esters is 1. The average Bonchev–Trinajstić information content (AvgIpc) is 2.97. The highest BCUT2D eigenvalue weighted by atomic mass is 16.5. The number of amides is 1. The molecule has 1 aromatic rings. The molecule has 0 saturated carbocycles. The Bertz CT molecular complexity index is 1230. The van der Waals surface area contributed by atoms with Crippen LogP contribution in [0.25, 0.3) is 5.57 Å². The molecule has 0 saturated heterocycles.